The Hall–Kier alpha value is -2.22. The van der Waals surface area contributed by atoms with Gasteiger partial charge in [0.25, 0.3) is 5.91 Å². The molecular formula is C19H20F3N3OS. The molecule has 1 aliphatic rings. The number of thioether (sulfide) groups is 1. The third-order valence-corrected chi connectivity index (χ3v) is 5.10. The molecule has 0 saturated heterocycles. The molecule has 1 aromatic heterocycles. The van der Waals surface area contributed by atoms with E-state index in [0.717, 1.165) is 18.5 Å². The van der Waals surface area contributed by atoms with Crippen LogP contribution in [-0.2, 0) is 0 Å². The van der Waals surface area contributed by atoms with Crippen molar-refractivity contribution in [2.45, 2.75) is 48.7 Å². The third-order valence-electron chi connectivity index (χ3n) is 4.35. The number of hydrogen-bond donors (Lipinski definition) is 2. The predicted octanol–water partition coefficient (Wildman–Crippen LogP) is 5.69. The summed E-state index contributed by atoms with van der Waals surface area (Å²) >= 11 is -0.394. The Morgan fingerprint density at radius 3 is 2.37 bits per heavy atom. The maximum absolute atomic E-state index is 12.6. The molecule has 0 aliphatic heterocycles. The Kier molecular flexibility index (Phi) is 6.26. The quantitative estimate of drug-likeness (QED) is 0.639. The second-order valence-electron chi connectivity index (χ2n) is 6.41. The monoisotopic (exact) mass is 395 g/mol. The number of amides is 1. The molecule has 1 heterocycles. The number of carbonyl (C=O) groups is 1. The lowest BCUT2D eigenvalue weighted by atomic mass is 9.95. The van der Waals surface area contributed by atoms with E-state index in [4.69, 9.17) is 0 Å². The average Bonchev–Trinajstić information content (AvgIpc) is 2.63. The van der Waals surface area contributed by atoms with Crippen LogP contribution in [0.5, 0.6) is 0 Å². The minimum absolute atomic E-state index is 0.107. The molecule has 0 radical (unpaired) electrons. The molecule has 0 spiro atoms. The summed E-state index contributed by atoms with van der Waals surface area (Å²) in [4.78, 5) is 16.1. The summed E-state index contributed by atoms with van der Waals surface area (Å²) in [6, 6.07) is 10.4. The van der Waals surface area contributed by atoms with Crippen molar-refractivity contribution in [1.29, 1.82) is 0 Å². The van der Waals surface area contributed by atoms with Crippen LogP contribution in [0.4, 0.5) is 24.5 Å². The lowest BCUT2D eigenvalue weighted by Crippen LogP contribution is -2.22. The lowest BCUT2D eigenvalue weighted by Gasteiger charge is -2.23. The molecule has 1 amide bonds. The van der Waals surface area contributed by atoms with Gasteiger partial charge in [0.2, 0.25) is 0 Å². The highest BCUT2D eigenvalue weighted by molar-refractivity contribution is 8.00. The van der Waals surface area contributed by atoms with Crippen LogP contribution < -0.4 is 10.6 Å². The first-order valence-corrected chi connectivity index (χ1v) is 9.61. The highest BCUT2D eigenvalue weighted by atomic mass is 32.2. The van der Waals surface area contributed by atoms with Crippen LogP contribution in [0.2, 0.25) is 0 Å². The van der Waals surface area contributed by atoms with Gasteiger partial charge in [-0.25, -0.2) is 4.98 Å². The normalized spacial score (nSPS) is 15.4. The first-order valence-electron chi connectivity index (χ1n) is 8.79. The van der Waals surface area contributed by atoms with Crippen LogP contribution in [0.3, 0.4) is 0 Å². The molecule has 1 aromatic carbocycles. The largest absolute Gasteiger partial charge is 0.447 e. The molecule has 2 N–H and O–H groups in total. The smallest absolute Gasteiger partial charge is 0.382 e. The number of alkyl halides is 3. The zero-order valence-corrected chi connectivity index (χ0v) is 15.4. The van der Waals surface area contributed by atoms with Crippen molar-refractivity contribution in [3.8, 4) is 0 Å². The van der Waals surface area contributed by atoms with E-state index in [-0.39, 0.29) is 10.6 Å². The van der Waals surface area contributed by atoms with E-state index in [1.54, 1.807) is 12.1 Å². The Bertz CT molecular complexity index is 775. The fraction of sp³-hybridized carbons (Fsp3) is 0.368. The van der Waals surface area contributed by atoms with E-state index in [0.29, 0.717) is 11.7 Å². The van der Waals surface area contributed by atoms with Gasteiger partial charge >= 0.3 is 5.51 Å². The zero-order chi connectivity index (χ0) is 19.3. The van der Waals surface area contributed by atoms with Crippen LogP contribution >= 0.6 is 11.8 Å². The molecule has 1 fully saturated rings. The van der Waals surface area contributed by atoms with Gasteiger partial charge < -0.3 is 10.6 Å². The summed E-state index contributed by atoms with van der Waals surface area (Å²) in [6.45, 7) is 0. The number of pyridine rings is 1. The van der Waals surface area contributed by atoms with Crippen LogP contribution in [0.1, 0.15) is 42.5 Å². The van der Waals surface area contributed by atoms with Crippen molar-refractivity contribution in [1.82, 2.24) is 4.98 Å². The maximum Gasteiger partial charge on any atom is 0.447 e. The van der Waals surface area contributed by atoms with Gasteiger partial charge in [0, 0.05) is 35.4 Å². The maximum atomic E-state index is 12.6. The van der Waals surface area contributed by atoms with Crippen molar-refractivity contribution in [3.63, 3.8) is 0 Å². The topological polar surface area (TPSA) is 54.0 Å². The molecule has 27 heavy (non-hydrogen) atoms. The molecule has 8 heteroatoms. The number of nitrogens with zero attached hydrogens (tertiary/aromatic N) is 1. The van der Waals surface area contributed by atoms with Crippen LogP contribution in [-0.4, -0.2) is 22.4 Å². The first kappa shape index (κ1) is 19.5. The summed E-state index contributed by atoms with van der Waals surface area (Å²) in [5, 5.41) is 5.74. The zero-order valence-electron chi connectivity index (χ0n) is 14.6. The molecular weight excluding hydrogens is 375 g/mol. The number of carbonyl (C=O) groups excluding carboxylic acids is 1. The summed E-state index contributed by atoms with van der Waals surface area (Å²) in [7, 11) is 0. The molecule has 1 aliphatic carbocycles. The second-order valence-corrected chi connectivity index (χ2v) is 7.47. The van der Waals surface area contributed by atoms with Crippen molar-refractivity contribution in [2.75, 3.05) is 10.6 Å². The Balaban J connectivity index is 1.64. The Morgan fingerprint density at radius 2 is 1.70 bits per heavy atom. The molecule has 144 valence electrons. The molecule has 3 rings (SSSR count). The molecule has 1 saturated carbocycles. The number of anilines is 2. The fourth-order valence-corrected chi connectivity index (χ4v) is 3.69. The number of rotatable bonds is 5. The lowest BCUT2D eigenvalue weighted by molar-refractivity contribution is -0.0329. The van der Waals surface area contributed by atoms with E-state index in [1.807, 2.05) is 12.1 Å². The summed E-state index contributed by atoms with van der Waals surface area (Å²) in [6.07, 6.45) is 7.28. The van der Waals surface area contributed by atoms with E-state index in [9.17, 15) is 18.0 Å². The van der Waals surface area contributed by atoms with Crippen molar-refractivity contribution >= 4 is 29.0 Å². The number of nitrogens with one attached hydrogen (secondary N) is 2. The van der Waals surface area contributed by atoms with Crippen molar-refractivity contribution < 1.29 is 18.0 Å². The second kappa shape index (κ2) is 8.65. The minimum atomic E-state index is -4.50. The van der Waals surface area contributed by atoms with Crippen LogP contribution in [0, 0.1) is 0 Å². The number of halogens is 3. The minimum Gasteiger partial charge on any atom is -0.382 e. The predicted molar refractivity (Wildman–Crippen MR) is 101 cm³/mol. The van der Waals surface area contributed by atoms with Crippen LogP contribution in [0.15, 0.2) is 47.6 Å². The summed E-state index contributed by atoms with van der Waals surface area (Å²) in [5.74, 6) is -0.622. The van der Waals surface area contributed by atoms with E-state index in [1.165, 1.54) is 37.6 Å². The summed E-state index contributed by atoms with van der Waals surface area (Å²) < 4.78 is 37.9. The van der Waals surface area contributed by atoms with Gasteiger partial charge in [-0.1, -0.05) is 19.3 Å². The van der Waals surface area contributed by atoms with Gasteiger partial charge in [0.05, 0.1) is 5.56 Å². The molecule has 0 unspecified atom stereocenters. The van der Waals surface area contributed by atoms with Gasteiger partial charge in [0.15, 0.2) is 0 Å². The molecule has 0 bridgehead atoms. The Labute approximate surface area is 160 Å². The van der Waals surface area contributed by atoms with E-state index in [2.05, 4.69) is 15.6 Å². The van der Waals surface area contributed by atoms with Crippen molar-refractivity contribution in [2.24, 2.45) is 0 Å². The van der Waals surface area contributed by atoms with Gasteiger partial charge in [-0.2, -0.15) is 13.2 Å². The highest BCUT2D eigenvalue weighted by Crippen LogP contribution is 2.37. The highest BCUT2D eigenvalue weighted by Gasteiger charge is 2.32. The molecule has 2 aromatic rings. The number of hydrogen-bond acceptors (Lipinski definition) is 4. The standard InChI is InChI=1S/C19H20F3N3OS/c20-19(21,22)27-18-16(7-4-12-23-18)17(26)25-15-10-8-14(9-11-15)24-13-5-2-1-3-6-13/h4,7-13,24H,1-3,5-6H2,(H,25,26). The number of aromatic nitrogens is 1. The molecule has 4 nitrogen and oxygen atoms in total. The number of benzene rings is 1. The van der Waals surface area contributed by atoms with E-state index >= 15 is 0 Å². The first-order chi connectivity index (χ1) is 12.9. The average molecular weight is 395 g/mol. The van der Waals surface area contributed by atoms with E-state index < -0.39 is 23.2 Å². The van der Waals surface area contributed by atoms with Gasteiger partial charge in [-0.3, -0.25) is 4.79 Å². The Morgan fingerprint density at radius 1 is 1.04 bits per heavy atom. The van der Waals surface area contributed by atoms with Gasteiger partial charge in [-0.15, -0.1) is 0 Å². The fourth-order valence-electron chi connectivity index (χ4n) is 3.09. The van der Waals surface area contributed by atoms with Gasteiger partial charge in [-0.05, 0) is 49.2 Å². The van der Waals surface area contributed by atoms with Crippen molar-refractivity contribution in [3.05, 3.63) is 48.2 Å². The van der Waals surface area contributed by atoms with Gasteiger partial charge in [0.1, 0.15) is 5.03 Å². The summed E-state index contributed by atoms with van der Waals surface area (Å²) in [5.41, 5.74) is -3.13. The molecule has 0 atom stereocenters. The third kappa shape index (κ3) is 5.89. The van der Waals surface area contributed by atoms with Crippen LogP contribution in [0.25, 0.3) is 0 Å². The SMILES string of the molecule is O=C(Nc1ccc(NC2CCCCC2)cc1)c1cccnc1SC(F)(F)F.